The Balaban J connectivity index is 1.87. The van der Waals surface area contributed by atoms with Gasteiger partial charge in [-0.25, -0.2) is 0 Å². The first kappa shape index (κ1) is 20.3. The molecule has 3 rings (SSSR count). The smallest absolute Gasteiger partial charge is 0.254 e. The zero-order valence-electron chi connectivity index (χ0n) is 17.2. The monoisotopic (exact) mass is 383 g/mol. The molecule has 1 aliphatic carbocycles. The van der Waals surface area contributed by atoms with E-state index < -0.39 is 0 Å². The standard InChI is InChI=1S/C23H33N3O2/c1-5-28-17(3)25-20-10-8-9-18-19(20)15-26(22(18)27)21(12-11-16(2)24)23(4)13-6-7-14-23/h8-10,21,25H,2-3,5-7,11-15,24H2,1,4H3. The third-order valence-electron chi connectivity index (χ3n) is 6.25. The van der Waals surface area contributed by atoms with Crippen molar-refractivity contribution >= 4 is 11.6 Å². The predicted molar refractivity (Wildman–Crippen MR) is 114 cm³/mol. The quantitative estimate of drug-likeness (QED) is 0.603. The zero-order chi connectivity index (χ0) is 20.3. The fraction of sp³-hybridized carbons (Fsp3) is 0.522. The van der Waals surface area contributed by atoms with Crippen molar-refractivity contribution in [3.63, 3.8) is 0 Å². The number of hydrogen-bond acceptors (Lipinski definition) is 4. The second kappa shape index (κ2) is 8.29. The number of nitrogens with zero attached hydrogens (tertiary/aromatic N) is 1. The Bertz CT molecular complexity index is 765. The summed E-state index contributed by atoms with van der Waals surface area (Å²) in [4.78, 5) is 15.4. The second-order valence-electron chi connectivity index (χ2n) is 8.32. The molecule has 5 nitrogen and oxygen atoms in total. The van der Waals surface area contributed by atoms with E-state index in [1.165, 1.54) is 12.8 Å². The van der Waals surface area contributed by atoms with Crippen molar-refractivity contribution in [2.24, 2.45) is 11.1 Å². The highest BCUT2D eigenvalue weighted by atomic mass is 16.5. The third-order valence-corrected chi connectivity index (χ3v) is 6.25. The van der Waals surface area contributed by atoms with Crippen LogP contribution in [-0.2, 0) is 11.3 Å². The van der Waals surface area contributed by atoms with Gasteiger partial charge in [-0.2, -0.15) is 0 Å². The van der Waals surface area contributed by atoms with E-state index in [9.17, 15) is 4.79 Å². The maximum Gasteiger partial charge on any atom is 0.254 e. The van der Waals surface area contributed by atoms with Gasteiger partial charge in [0, 0.05) is 35.1 Å². The van der Waals surface area contributed by atoms with Gasteiger partial charge in [0.2, 0.25) is 0 Å². The molecule has 1 aromatic rings. The second-order valence-corrected chi connectivity index (χ2v) is 8.32. The molecule has 1 amide bonds. The number of benzene rings is 1. The summed E-state index contributed by atoms with van der Waals surface area (Å²) in [6.07, 6.45) is 6.37. The SMILES string of the molecule is C=C(N)CCC(N1Cc2c(NC(=C)OCC)cccc2C1=O)C1(C)CCCC1. The van der Waals surface area contributed by atoms with E-state index >= 15 is 0 Å². The van der Waals surface area contributed by atoms with Gasteiger partial charge in [-0.05, 0) is 56.7 Å². The van der Waals surface area contributed by atoms with Crippen LogP contribution in [0.25, 0.3) is 0 Å². The molecule has 0 saturated heterocycles. The summed E-state index contributed by atoms with van der Waals surface area (Å²) in [5.74, 6) is 0.613. The number of nitrogens with two attached hydrogens (primary N) is 1. The van der Waals surface area contributed by atoms with E-state index in [0.29, 0.717) is 24.7 Å². The van der Waals surface area contributed by atoms with Crippen LogP contribution >= 0.6 is 0 Å². The Kier molecular flexibility index (Phi) is 6.01. The van der Waals surface area contributed by atoms with Gasteiger partial charge in [0.25, 0.3) is 5.91 Å². The lowest BCUT2D eigenvalue weighted by molar-refractivity contribution is 0.0456. The average Bonchev–Trinajstić information content (AvgIpc) is 3.21. The van der Waals surface area contributed by atoms with Gasteiger partial charge in [0.1, 0.15) is 0 Å². The molecule has 0 radical (unpaired) electrons. The molecule has 5 heteroatoms. The summed E-state index contributed by atoms with van der Waals surface area (Å²) < 4.78 is 5.44. The molecular formula is C23H33N3O2. The van der Waals surface area contributed by atoms with Crippen molar-refractivity contribution in [3.05, 3.63) is 54.1 Å². The molecular weight excluding hydrogens is 350 g/mol. The van der Waals surface area contributed by atoms with Crippen LogP contribution in [0, 0.1) is 5.41 Å². The molecule has 1 saturated carbocycles. The van der Waals surface area contributed by atoms with E-state index in [2.05, 4.69) is 30.3 Å². The fourth-order valence-electron chi connectivity index (χ4n) is 4.80. The zero-order valence-corrected chi connectivity index (χ0v) is 17.2. The van der Waals surface area contributed by atoms with E-state index in [4.69, 9.17) is 10.5 Å². The Morgan fingerprint density at radius 1 is 1.36 bits per heavy atom. The first-order valence-electron chi connectivity index (χ1n) is 10.3. The van der Waals surface area contributed by atoms with Crippen molar-refractivity contribution < 1.29 is 9.53 Å². The summed E-state index contributed by atoms with van der Waals surface area (Å²) in [7, 11) is 0. The number of rotatable bonds is 9. The number of allylic oxidation sites excluding steroid dienone is 1. The van der Waals surface area contributed by atoms with Crippen molar-refractivity contribution in [1.82, 2.24) is 4.90 Å². The molecule has 0 aromatic heterocycles. The summed E-state index contributed by atoms with van der Waals surface area (Å²) in [5, 5.41) is 3.22. The first-order valence-corrected chi connectivity index (χ1v) is 10.3. The van der Waals surface area contributed by atoms with Crippen LogP contribution in [0.5, 0.6) is 0 Å². The minimum Gasteiger partial charge on any atom is -0.480 e. The van der Waals surface area contributed by atoms with Crippen LogP contribution in [0.3, 0.4) is 0 Å². The van der Waals surface area contributed by atoms with Crippen LogP contribution in [-0.4, -0.2) is 23.5 Å². The van der Waals surface area contributed by atoms with Gasteiger partial charge in [0.15, 0.2) is 5.88 Å². The molecule has 28 heavy (non-hydrogen) atoms. The lowest BCUT2D eigenvalue weighted by atomic mass is 9.77. The minimum absolute atomic E-state index is 0.112. The molecule has 2 aliphatic rings. The van der Waals surface area contributed by atoms with Gasteiger partial charge in [-0.1, -0.05) is 32.4 Å². The largest absolute Gasteiger partial charge is 0.480 e. The molecule has 1 fully saturated rings. The van der Waals surface area contributed by atoms with E-state index in [0.717, 1.165) is 42.5 Å². The van der Waals surface area contributed by atoms with E-state index in [-0.39, 0.29) is 17.4 Å². The highest BCUT2D eigenvalue weighted by Gasteiger charge is 2.44. The van der Waals surface area contributed by atoms with Crippen LogP contribution in [0.15, 0.2) is 42.9 Å². The van der Waals surface area contributed by atoms with Gasteiger partial charge in [0.05, 0.1) is 6.61 Å². The summed E-state index contributed by atoms with van der Waals surface area (Å²) in [6.45, 7) is 13.2. The Hall–Kier alpha value is -2.43. The number of carbonyl (C=O) groups excluding carboxylic acids is 1. The van der Waals surface area contributed by atoms with Crippen LogP contribution in [0.1, 0.15) is 68.3 Å². The summed E-state index contributed by atoms with van der Waals surface area (Å²) in [6, 6.07) is 5.98. The molecule has 0 bridgehead atoms. The van der Waals surface area contributed by atoms with Crippen LogP contribution in [0.4, 0.5) is 5.69 Å². The lowest BCUT2D eigenvalue weighted by Gasteiger charge is -2.40. The van der Waals surface area contributed by atoms with Crippen LogP contribution in [0.2, 0.25) is 0 Å². The number of amides is 1. The Morgan fingerprint density at radius 2 is 2.07 bits per heavy atom. The predicted octanol–water partition coefficient (Wildman–Crippen LogP) is 4.76. The van der Waals surface area contributed by atoms with Crippen molar-refractivity contribution in [2.45, 2.75) is 65.0 Å². The number of carbonyl (C=O) groups is 1. The fourth-order valence-corrected chi connectivity index (χ4v) is 4.80. The Labute approximate surface area is 168 Å². The van der Waals surface area contributed by atoms with Crippen molar-refractivity contribution in [2.75, 3.05) is 11.9 Å². The average molecular weight is 384 g/mol. The van der Waals surface area contributed by atoms with Gasteiger partial charge < -0.3 is 20.7 Å². The lowest BCUT2D eigenvalue weighted by Crippen LogP contribution is -2.45. The molecule has 3 N–H and O–H groups in total. The maximum atomic E-state index is 13.3. The summed E-state index contributed by atoms with van der Waals surface area (Å²) in [5.41, 5.74) is 9.38. The van der Waals surface area contributed by atoms with Gasteiger partial charge >= 0.3 is 0 Å². The third kappa shape index (κ3) is 4.03. The molecule has 152 valence electrons. The number of nitrogens with one attached hydrogen (secondary N) is 1. The van der Waals surface area contributed by atoms with E-state index in [1.807, 2.05) is 25.1 Å². The molecule has 1 aliphatic heterocycles. The maximum absolute atomic E-state index is 13.3. The summed E-state index contributed by atoms with van der Waals surface area (Å²) >= 11 is 0. The molecule has 1 atom stereocenters. The molecule has 1 heterocycles. The Morgan fingerprint density at radius 3 is 2.71 bits per heavy atom. The molecule has 1 aromatic carbocycles. The van der Waals surface area contributed by atoms with Crippen LogP contribution < -0.4 is 11.1 Å². The van der Waals surface area contributed by atoms with Gasteiger partial charge in [-0.15, -0.1) is 0 Å². The van der Waals surface area contributed by atoms with Crippen molar-refractivity contribution in [3.8, 4) is 0 Å². The first-order chi connectivity index (χ1) is 13.4. The highest BCUT2D eigenvalue weighted by Crippen LogP contribution is 2.46. The highest BCUT2D eigenvalue weighted by molar-refractivity contribution is 6.00. The topological polar surface area (TPSA) is 67.6 Å². The minimum atomic E-state index is 0.112. The number of anilines is 1. The normalized spacial score (nSPS) is 18.6. The number of hydrogen-bond donors (Lipinski definition) is 2. The molecule has 1 unspecified atom stereocenters. The molecule has 0 spiro atoms. The van der Waals surface area contributed by atoms with Gasteiger partial charge in [-0.3, -0.25) is 4.79 Å². The number of ether oxygens (including phenoxy) is 1. The van der Waals surface area contributed by atoms with E-state index in [1.54, 1.807) is 0 Å². The van der Waals surface area contributed by atoms with Crippen molar-refractivity contribution in [1.29, 1.82) is 0 Å². The number of fused-ring (bicyclic) bond motifs is 1.